The summed E-state index contributed by atoms with van der Waals surface area (Å²) in [6.07, 6.45) is 4.66. The van der Waals surface area contributed by atoms with Gasteiger partial charge in [-0.3, -0.25) is 9.98 Å². The van der Waals surface area contributed by atoms with E-state index in [4.69, 9.17) is 0 Å². The summed E-state index contributed by atoms with van der Waals surface area (Å²) in [4.78, 5) is 8.18. The first-order chi connectivity index (χ1) is 16.3. The van der Waals surface area contributed by atoms with Crippen molar-refractivity contribution in [1.29, 1.82) is 0 Å². The van der Waals surface area contributed by atoms with Crippen LogP contribution >= 0.6 is 0 Å². The van der Waals surface area contributed by atoms with Crippen LogP contribution in [0.1, 0.15) is 19.4 Å². The fraction of sp³-hybridized carbons (Fsp3) is 0.241. The molecule has 0 atom stereocenters. The van der Waals surface area contributed by atoms with Crippen LogP contribution in [-0.4, -0.2) is 38.9 Å². The second-order valence-electron chi connectivity index (χ2n) is 7.57. The van der Waals surface area contributed by atoms with Crippen LogP contribution in [0.15, 0.2) is 107 Å². The smallest absolute Gasteiger partial charge is 0.685 e. The number of hydrogen-bond donors (Lipinski definition) is 1. The molecule has 181 valence electrons. The maximum absolute atomic E-state index is 9.36. The maximum atomic E-state index is 9.36. The molecule has 0 amide bonds. The molecule has 0 spiro atoms. The minimum atomic E-state index is -0.782. The predicted octanol–water partition coefficient (Wildman–Crippen LogP) is 5.87. The monoisotopic (exact) mass is 503 g/mol. The summed E-state index contributed by atoms with van der Waals surface area (Å²) < 4.78 is 0. The Bertz CT molecular complexity index is 1080. The van der Waals surface area contributed by atoms with Crippen LogP contribution in [0.3, 0.4) is 0 Å². The van der Waals surface area contributed by atoms with E-state index in [1.807, 2.05) is 91.0 Å². The van der Waals surface area contributed by atoms with E-state index in [2.05, 4.69) is 26.7 Å². The average molecular weight is 503 g/mol. The van der Waals surface area contributed by atoms with E-state index in [1.54, 1.807) is 48.1 Å². The van der Waals surface area contributed by atoms with Gasteiger partial charge in [-0.15, -0.1) is 43.7 Å². The van der Waals surface area contributed by atoms with E-state index < -0.39 is 5.60 Å². The molecule has 1 radical (unpaired) electrons. The Hall–Kier alpha value is -2.99. The molecular weight excluding hydrogens is 468 g/mol. The van der Waals surface area contributed by atoms with Crippen LogP contribution in [0.4, 0.5) is 11.4 Å². The van der Waals surface area contributed by atoms with Crippen molar-refractivity contribution in [3.63, 3.8) is 0 Å². The topological polar surface area (TPSA) is 73.2 Å². The molecule has 0 heterocycles. The third-order valence-electron chi connectivity index (χ3n) is 4.32. The van der Waals surface area contributed by atoms with Crippen molar-refractivity contribution >= 4 is 11.4 Å². The van der Waals surface area contributed by atoms with Gasteiger partial charge in [0, 0.05) is 24.8 Å². The molecule has 0 aromatic heterocycles. The zero-order valence-electron chi connectivity index (χ0n) is 21.5. The molecule has 0 unspecified atom stereocenters. The molecule has 0 aliphatic heterocycles. The van der Waals surface area contributed by atoms with Crippen molar-refractivity contribution < 1.29 is 26.8 Å². The Morgan fingerprint density at radius 2 is 1.06 bits per heavy atom. The maximum Gasteiger partial charge on any atom is 3.00 e. The summed E-state index contributed by atoms with van der Waals surface area (Å²) >= 11 is 0. The number of benzene rings is 1. The molecule has 3 aromatic carbocycles. The van der Waals surface area contributed by atoms with E-state index in [-0.39, 0.29) is 21.7 Å². The Kier molecular flexibility index (Phi) is 16.8. The van der Waals surface area contributed by atoms with E-state index in [1.165, 1.54) is 0 Å². The molecule has 3 rings (SSSR count). The molecular formula is C29H35N4OTi. The molecule has 6 heteroatoms. The van der Waals surface area contributed by atoms with Gasteiger partial charge >= 0.3 is 21.7 Å². The molecule has 0 fully saturated rings. The zero-order chi connectivity index (χ0) is 25.2. The second-order valence-corrected chi connectivity index (χ2v) is 7.57. The van der Waals surface area contributed by atoms with Crippen molar-refractivity contribution in [2.75, 3.05) is 28.2 Å². The van der Waals surface area contributed by atoms with Gasteiger partial charge in [0.05, 0.1) is 5.60 Å². The van der Waals surface area contributed by atoms with E-state index in [0.717, 1.165) is 27.7 Å². The van der Waals surface area contributed by atoms with Crippen molar-refractivity contribution in [3.8, 4) is 0 Å². The Morgan fingerprint density at radius 3 is 1.40 bits per heavy atom. The number of hydrogen-bond acceptors (Lipinski definition) is 3. The molecule has 35 heavy (non-hydrogen) atoms. The van der Waals surface area contributed by atoms with Crippen molar-refractivity contribution in [2.24, 2.45) is 9.98 Å². The van der Waals surface area contributed by atoms with Gasteiger partial charge < -0.3 is 15.7 Å². The van der Waals surface area contributed by atoms with Crippen molar-refractivity contribution in [3.05, 3.63) is 130 Å². The van der Waals surface area contributed by atoms with Crippen LogP contribution < -0.4 is 10.7 Å². The Balaban J connectivity index is 0.000000489. The minimum absolute atomic E-state index is 0. The minimum Gasteiger partial charge on any atom is -0.685 e. The Labute approximate surface area is 225 Å². The van der Waals surface area contributed by atoms with E-state index in [0.29, 0.717) is 0 Å². The number of nitrogens with zero attached hydrogens (tertiary/aromatic N) is 4. The first-order valence-electron chi connectivity index (χ1n) is 11.0. The molecule has 0 saturated carbocycles. The van der Waals surface area contributed by atoms with Crippen molar-refractivity contribution in [1.82, 2.24) is 0 Å². The summed E-state index contributed by atoms with van der Waals surface area (Å²) in [6, 6.07) is 29.3. The van der Waals surface area contributed by atoms with Crippen LogP contribution in [0.5, 0.6) is 0 Å². The van der Waals surface area contributed by atoms with E-state index >= 15 is 0 Å². The normalized spacial score (nSPS) is 11.3. The molecule has 0 aliphatic carbocycles. The fourth-order valence-electron chi connectivity index (χ4n) is 2.61. The van der Waals surface area contributed by atoms with E-state index in [9.17, 15) is 5.11 Å². The van der Waals surface area contributed by atoms with Crippen LogP contribution in [0, 0.1) is 6.08 Å². The summed E-state index contributed by atoms with van der Waals surface area (Å²) in [5.41, 5.74) is 2.06. The molecule has 5 nitrogen and oxygen atoms in total. The van der Waals surface area contributed by atoms with Crippen LogP contribution in [0.2, 0.25) is 0 Å². The van der Waals surface area contributed by atoms with Gasteiger partial charge in [0.1, 0.15) is 0 Å². The summed E-state index contributed by atoms with van der Waals surface area (Å²) in [7, 11) is 7.07. The summed E-state index contributed by atoms with van der Waals surface area (Å²) in [5.74, 6) is 0. The van der Waals surface area contributed by atoms with Gasteiger partial charge in [0.2, 0.25) is 0 Å². The van der Waals surface area contributed by atoms with Gasteiger partial charge in [0.25, 0.3) is 0 Å². The third-order valence-corrected chi connectivity index (χ3v) is 4.32. The number of aliphatic hydroxyl groups is 1. The first kappa shape index (κ1) is 32.0. The third kappa shape index (κ3) is 14.1. The van der Waals surface area contributed by atoms with Gasteiger partial charge in [0.15, 0.2) is 0 Å². The first-order valence-corrected chi connectivity index (χ1v) is 11.0. The van der Waals surface area contributed by atoms with Gasteiger partial charge in [-0.1, -0.05) is 54.6 Å². The summed E-state index contributed by atoms with van der Waals surface area (Å²) in [5, 5.41) is 19.4. The SMILES string of the molecule is CC(C)(O)C=[C-]c1ccccc1.CN=c1cccccc1[N-]C.CN=c1cccccc1[N-]C.[Ti+3]. The molecule has 0 saturated heterocycles. The van der Waals surface area contributed by atoms with Crippen LogP contribution in [-0.2, 0) is 21.7 Å². The predicted molar refractivity (Wildman–Crippen MR) is 143 cm³/mol. The second kappa shape index (κ2) is 18.4. The fourth-order valence-corrected chi connectivity index (χ4v) is 2.61. The van der Waals surface area contributed by atoms with Gasteiger partial charge in [-0.05, 0) is 26.0 Å². The number of rotatable bonds is 4. The Morgan fingerprint density at radius 1 is 0.686 bits per heavy atom. The largest absolute Gasteiger partial charge is 3.00 e. The zero-order valence-corrected chi connectivity index (χ0v) is 23.0. The molecule has 3 aromatic rings. The summed E-state index contributed by atoms with van der Waals surface area (Å²) in [6.45, 7) is 3.45. The van der Waals surface area contributed by atoms with Gasteiger partial charge in [-0.2, -0.15) is 23.8 Å². The van der Waals surface area contributed by atoms with Gasteiger partial charge in [-0.25, -0.2) is 0 Å². The molecule has 0 bridgehead atoms. The van der Waals surface area contributed by atoms with Crippen LogP contribution in [0.25, 0.3) is 10.6 Å². The average Bonchev–Trinajstić information content (AvgIpc) is 3.23. The van der Waals surface area contributed by atoms with Crippen molar-refractivity contribution in [2.45, 2.75) is 19.4 Å². The molecule has 0 aliphatic rings. The quantitative estimate of drug-likeness (QED) is 0.351. The molecule has 1 N–H and O–H groups in total. The standard InChI is InChI=1S/C11H13O.2C9H11N2.Ti/c1-11(2,12)9-8-10-6-4-3-5-7-10;2*1-10-8-6-4-3-5-7-9(8)11-2;/h3-7,9,12H,1-2H3;2*3-7H,1-2H3;/q3*-1;+3.